The van der Waals surface area contributed by atoms with Crippen LogP contribution in [0.4, 0.5) is 0 Å². The molecule has 0 aliphatic carbocycles. The van der Waals surface area contributed by atoms with Gasteiger partial charge in [0.25, 0.3) is 0 Å². The SMILES string of the molecule is Clc1ccc(/C=C/c2cc3ccc(Br)cc3[nH]2)cc1. The second-order valence-electron chi connectivity index (χ2n) is 4.34. The molecule has 0 saturated heterocycles. The molecule has 0 amide bonds. The van der Waals surface area contributed by atoms with Crippen molar-refractivity contribution in [2.75, 3.05) is 0 Å². The number of H-pyrrole nitrogens is 1. The Hall–Kier alpha value is -1.51. The number of hydrogen-bond acceptors (Lipinski definition) is 0. The molecule has 0 radical (unpaired) electrons. The Labute approximate surface area is 125 Å². The van der Waals surface area contributed by atoms with E-state index in [0.29, 0.717) is 0 Å². The highest BCUT2D eigenvalue weighted by molar-refractivity contribution is 9.10. The van der Waals surface area contributed by atoms with E-state index in [1.807, 2.05) is 30.3 Å². The third-order valence-corrected chi connectivity index (χ3v) is 3.68. The molecule has 3 heteroatoms. The number of nitrogens with one attached hydrogen (secondary N) is 1. The maximum absolute atomic E-state index is 5.86. The van der Waals surface area contributed by atoms with Crippen LogP contribution >= 0.6 is 27.5 Å². The molecule has 1 aromatic heterocycles. The van der Waals surface area contributed by atoms with Crippen LogP contribution in [-0.2, 0) is 0 Å². The summed E-state index contributed by atoms with van der Waals surface area (Å²) >= 11 is 9.34. The first-order chi connectivity index (χ1) is 9.20. The first-order valence-corrected chi connectivity index (χ1v) is 7.10. The summed E-state index contributed by atoms with van der Waals surface area (Å²) < 4.78 is 1.08. The number of aromatic nitrogens is 1. The molecular formula is C16H11BrClN. The smallest absolute Gasteiger partial charge is 0.0469 e. The molecule has 19 heavy (non-hydrogen) atoms. The van der Waals surface area contributed by atoms with Crippen LogP contribution < -0.4 is 0 Å². The molecule has 0 unspecified atom stereocenters. The minimum atomic E-state index is 0.757. The van der Waals surface area contributed by atoms with Gasteiger partial charge in [0.2, 0.25) is 0 Å². The first-order valence-electron chi connectivity index (χ1n) is 5.93. The number of rotatable bonds is 2. The van der Waals surface area contributed by atoms with E-state index >= 15 is 0 Å². The van der Waals surface area contributed by atoms with Crippen molar-refractivity contribution in [3.8, 4) is 0 Å². The van der Waals surface area contributed by atoms with Gasteiger partial charge in [0.05, 0.1) is 0 Å². The molecule has 0 saturated carbocycles. The van der Waals surface area contributed by atoms with Crippen molar-refractivity contribution in [3.63, 3.8) is 0 Å². The van der Waals surface area contributed by atoms with Crippen molar-refractivity contribution in [2.45, 2.75) is 0 Å². The lowest BCUT2D eigenvalue weighted by molar-refractivity contribution is 1.43. The van der Waals surface area contributed by atoms with Gasteiger partial charge in [-0.25, -0.2) is 0 Å². The van der Waals surface area contributed by atoms with E-state index in [1.54, 1.807) is 0 Å². The highest BCUT2D eigenvalue weighted by atomic mass is 79.9. The van der Waals surface area contributed by atoms with Crippen molar-refractivity contribution in [1.82, 2.24) is 4.98 Å². The fourth-order valence-corrected chi connectivity index (χ4v) is 2.46. The summed E-state index contributed by atoms with van der Waals surface area (Å²) in [7, 11) is 0. The zero-order chi connectivity index (χ0) is 13.2. The molecule has 3 rings (SSSR count). The molecule has 94 valence electrons. The minimum absolute atomic E-state index is 0.757. The van der Waals surface area contributed by atoms with Gasteiger partial charge in [0.1, 0.15) is 0 Å². The Kier molecular flexibility index (Phi) is 3.45. The summed E-state index contributed by atoms with van der Waals surface area (Å²) in [6, 6.07) is 16.1. The number of benzene rings is 2. The van der Waals surface area contributed by atoms with E-state index in [0.717, 1.165) is 26.3 Å². The van der Waals surface area contributed by atoms with E-state index in [1.165, 1.54) is 5.39 Å². The zero-order valence-electron chi connectivity index (χ0n) is 10.0. The van der Waals surface area contributed by atoms with Gasteiger partial charge in [-0.3, -0.25) is 0 Å². The van der Waals surface area contributed by atoms with Gasteiger partial charge >= 0.3 is 0 Å². The molecule has 0 bridgehead atoms. The van der Waals surface area contributed by atoms with Crippen LogP contribution in [0.3, 0.4) is 0 Å². The number of aromatic amines is 1. The fraction of sp³-hybridized carbons (Fsp3) is 0. The first kappa shape index (κ1) is 12.5. The monoisotopic (exact) mass is 331 g/mol. The number of fused-ring (bicyclic) bond motifs is 1. The molecule has 1 N–H and O–H groups in total. The summed E-state index contributed by atoms with van der Waals surface area (Å²) in [4.78, 5) is 3.38. The van der Waals surface area contributed by atoms with E-state index in [9.17, 15) is 0 Å². The quantitative estimate of drug-likeness (QED) is 0.614. The van der Waals surface area contributed by atoms with Gasteiger partial charge in [-0.1, -0.05) is 51.8 Å². The van der Waals surface area contributed by atoms with E-state index in [2.05, 4.69) is 51.3 Å². The number of halogens is 2. The standard InChI is InChI=1S/C16H11BrClN/c17-13-5-4-12-9-15(19-16(12)10-13)8-3-11-1-6-14(18)7-2-11/h1-10,19H/b8-3+. The summed E-state index contributed by atoms with van der Waals surface area (Å²) in [5.41, 5.74) is 3.34. The van der Waals surface area contributed by atoms with E-state index in [4.69, 9.17) is 11.6 Å². The summed E-state index contributed by atoms with van der Waals surface area (Å²) in [5, 5.41) is 1.96. The van der Waals surface area contributed by atoms with Crippen molar-refractivity contribution in [2.24, 2.45) is 0 Å². The third kappa shape index (κ3) is 2.91. The molecule has 3 aromatic rings. The second kappa shape index (κ2) is 5.24. The molecule has 0 aliphatic rings. The lowest BCUT2D eigenvalue weighted by Crippen LogP contribution is -1.72. The topological polar surface area (TPSA) is 15.8 Å². The van der Waals surface area contributed by atoms with Gasteiger partial charge in [0, 0.05) is 26.1 Å². The van der Waals surface area contributed by atoms with Crippen LogP contribution in [-0.4, -0.2) is 4.98 Å². The molecule has 2 aromatic carbocycles. The Morgan fingerprint density at radius 2 is 1.74 bits per heavy atom. The lowest BCUT2D eigenvalue weighted by Gasteiger charge is -1.93. The van der Waals surface area contributed by atoms with Crippen molar-refractivity contribution < 1.29 is 0 Å². The molecule has 1 heterocycles. The summed E-state index contributed by atoms with van der Waals surface area (Å²) in [6.45, 7) is 0. The summed E-state index contributed by atoms with van der Waals surface area (Å²) in [5.74, 6) is 0. The van der Waals surface area contributed by atoms with Crippen molar-refractivity contribution in [1.29, 1.82) is 0 Å². The van der Waals surface area contributed by atoms with Crippen LogP contribution in [0.1, 0.15) is 11.3 Å². The van der Waals surface area contributed by atoms with Crippen LogP contribution in [0.5, 0.6) is 0 Å². The van der Waals surface area contributed by atoms with E-state index in [-0.39, 0.29) is 0 Å². The van der Waals surface area contributed by atoms with Gasteiger partial charge in [-0.15, -0.1) is 0 Å². The fourth-order valence-electron chi connectivity index (χ4n) is 1.97. The van der Waals surface area contributed by atoms with Crippen LogP contribution in [0, 0.1) is 0 Å². The van der Waals surface area contributed by atoms with Gasteiger partial charge in [0.15, 0.2) is 0 Å². The van der Waals surface area contributed by atoms with Crippen molar-refractivity contribution in [3.05, 3.63) is 69.3 Å². The van der Waals surface area contributed by atoms with Crippen LogP contribution in [0.15, 0.2) is 53.0 Å². The maximum atomic E-state index is 5.86. The molecule has 0 atom stereocenters. The Bertz CT molecular complexity index is 741. The normalized spacial score (nSPS) is 11.5. The van der Waals surface area contributed by atoms with Gasteiger partial charge in [-0.05, 0) is 42.0 Å². The maximum Gasteiger partial charge on any atom is 0.0469 e. The zero-order valence-corrected chi connectivity index (χ0v) is 12.4. The lowest BCUT2D eigenvalue weighted by atomic mass is 10.2. The molecule has 1 nitrogen and oxygen atoms in total. The van der Waals surface area contributed by atoms with Crippen LogP contribution in [0.25, 0.3) is 23.1 Å². The molecule has 0 spiro atoms. The largest absolute Gasteiger partial charge is 0.355 e. The Morgan fingerprint density at radius 3 is 2.53 bits per heavy atom. The summed E-state index contributed by atoms with van der Waals surface area (Å²) in [6.07, 6.45) is 4.13. The predicted octanol–water partition coefficient (Wildman–Crippen LogP) is 5.75. The van der Waals surface area contributed by atoms with Gasteiger partial charge in [-0.2, -0.15) is 0 Å². The van der Waals surface area contributed by atoms with E-state index < -0.39 is 0 Å². The van der Waals surface area contributed by atoms with Gasteiger partial charge < -0.3 is 4.98 Å². The predicted molar refractivity (Wildman–Crippen MR) is 86.4 cm³/mol. The average molecular weight is 333 g/mol. The highest BCUT2D eigenvalue weighted by Gasteiger charge is 1.98. The van der Waals surface area contributed by atoms with Crippen LogP contribution in [0.2, 0.25) is 5.02 Å². The Morgan fingerprint density at radius 1 is 0.947 bits per heavy atom. The molecular weight excluding hydrogens is 322 g/mol. The third-order valence-electron chi connectivity index (χ3n) is 2.93. The number of hydrogen-bond donors (Lipinski definition) is 1. The molecule has 0 aliphatic heterocycles. The minimum Gasteiger partial charge on any atom is -0.355 e. The average Bonchev–Trinajstić information content (AvgIpc) is 2.80. The van der Waals surface area contributed by atoms with Crippen molar-refractivity contribution >= 4 is 50.6 Å². The highest BCUT2D eigenvalue weighted by Crippen LogP contribution is 2.21. The Balaban J connectivity index is 1.90. The second-order valence-corrected chi connectivity index (χ2v) is 5.69. The molecule has 0 fully saturated rings.